The molecule has 9 heteroatoms. The van der Waals surface area contributed by atoms with E-state index in [1.54, 1.807) is 31.4 Å². The molecular weight excluding hydrogens is 412 g/mol. The third-order valence-corrected chi connectivity index (χ3v) is 4.15. The second-order valence-electron chi connectivity index (χ2n) is 6.79. The molecule has 0 heterocycles. The molecule has 2 aromatic rings. The van der Waals surface area contributed by atoms with E-state index in [1.165, 1.54) is 6.21 Å². The molecular formula is C23H28N4O5. The van der Waals surface area contributed by atoms with E-state index in [0.29, 0.717) is 31.9 Å². The summed E-state index contributed by atoms with van der Waals surface area (Å²) in [6.45, 7) is 1.35. The zero-order valence-electron chi connectivity index (χ0n) is 18.0. The lowest BCUT2D eigenvalue weighted by Crippen LogP contribution is -2.30. The maximum Gasteiger partial charge on any atom is 0.258 e. The normalized spacial score (nSPS) is 10.5. The first-order valence-electron chi connectivity index (χ1n) is 10.2. The molecule has 0 aromatic heterocycles. The molecule has 32 heavy (non-hydrogen) atoms. The predicted octanol–water partition coefficient (Wildman–Crippen LogP) is 1.37. The summed E-state index contributed by atoms with van der Waals surface area (Å²) in [4.78, 5) is 35.2. The first kappa shape index (κ1) is 24.5. The predicted molar refractivity (Wildman–Crippen MR) is 120 cm³/mol. The summed E-state index contributed by atoms with van der Waals surface area (Å²) in [6.07, 6.45) is 1.83. The van der Waals surface area contributed by atoms with Gasteiger partial charge in [-0.2, -0.15) is 5.10 Å². The van der Waals surface area contributed by atoms with Crippen LogP contribution < -0.4 is 20.8 Å². The molecule has 0 aliphatic carbocycles. The molecule has 0 spiro atoms. The van der Waals surface area contributed by atoms with Crippen molar-refractivity contribution in [2.75, 3.05) is 26.9 Å². The standard InChI is InChI=1S/C23H28N4O5/c1-31-13-5-12-24-21(28)14-22(29)27-26-16-19-8-10-20(11-9-19)32-17-23(30)25-15-18-6-3-2-4-7-18/h2-4,6-11,16H,5,12-15,17H2,1H3,(H,24,28)(H,25,30)(H,27,29)/b26-16+. The maximum absolute atomic E-state index is 11.9. The Morgan fingerprint density at radius 1 is 0.938 bits per heavy atom. The quantitative estimate of drug-likeness (QED) is 0.188. The van der Waals surface area contributed by atoms with Crippen molar-refractivity contribution in [2.45, 2.75) is 19.4 Å². The summed E-state index contributed by atoms with van der Waals surface area (Å²) in [5, 5.41) is 9.25. The molecule has 0 fully saturated rings. The minimum atomic E-state index is -0.507. The van der Waals surface area contributed by atoms with Crippen molar-refractivity contribution in [1.29, 1.82) is 0 Å². The summed E-state index contributed by atoms with van der Waals surface area (Å²) >= 11 is 0. The van der Waals surface area contributed by atoms with Crippen molar-refractivity contribution < 1.29 is 23.9 Å². The second-order valence-corrected chi connectivity index (χ2v) is 6.79. The molecule has 0 saturated carbocycles. The number of nitrogens with zero attached hydrogens (tertiary/aromatic N) is 1. The molecule has 0 radical (unpaired) electrons. The lowest BCUT2D eigenvalue weighted by atomic mass is 10.2. The number of rotatable bonds is 13. The van der Waals surface area contributed by atoms with Gasteiger partial charge in [-0.05, 0) is 41.8 Å². The van der Waals surface area contributed by atoms with Crippen LogP contribution >= 0.6 is 0 Å². The fraction of sp³-hybridized carbons (Fsp3) is 0.304. The number of nitrogens with one attached hydrogen (secondary N) is 3. The van der Waals surface area contributed by atoms with Crippen molar-refractivity contribution in [2.24, 2.45) is 5.10 Å². The zero-order valence-corrected chi connectivity index (χ0v) is 18.0. The number of methoxy groups -OCH3 is 1. The van der Waals surface area contributed by atoms with Crippen molar-refractivity contribution >= 4 is 23.9 Å². The molecule has 2 rings (SSSR count). The molecule has 0 unspecified atom stereocenters. The molecule has 0 saturated heterocycles. The highest BCUT2D eigenvalue weighted by atomic mass is 16.5. The maximum atomic E-state index is 11.9. The monoisotopic (exact) mass is 440 g/mol. The van der Waals surface area contributed by atoms with E-state index in [4.69, 9.17) is 9.47 Å². The molecule has 0 aliphatic rings. The lowest BCUT2D eigenvalue weighted by molar-refractivity contribution is -0.129. The van der Waals surface area contributed by atoms with Crippen LogP contribution in [0.5, 0.6) is 5.75 Å². The van der Waals surface area contributed by atoms with Gasteiger partial charge in [-0.25, -0.2) is 5.43 Å². The Morgan fingerprint density at radius 3 is 2.41 bits per heavy atom. The van der Waals surface area contributed by atoms with E-state index in [9.17, 15) is 14.4 Å². The van der Waals surface area contributed by atoms with Gasteiger partial charge in [0.1, 0.15) is 12.2 Å². The fourth-order valence-corrected chi connectivity index (χ4v) is 2.52. The van der Waals surface area contributed by atoms with Crippen LogP contribution in [-0.4, -0.2) is 50.8 Å². The van der Waals surface area contributed by atoms with Crippen molar-refractivity contribution in [3.8, 4) is 5.75 Å². The average Bonchev–Trinajstić information content (AvgIpc) is 2.80. The number of carbonyl (C=O) groups excluding carboxylic acids is 3. The largest absolute Gasteiger partial charge is 0.484 e. The number of hydrazone groups is 1. The van der Waals surface area contributed by atoms with E-state index in [0.717, 1.165) is 11.1 Å². The van der Waals surface area contributed by atoms with Crippen LogP contribution in [0.4, 0.5) is 0 Å². The first-order chi connectivity index (χ1) is 15.6. The molecule has 3 amide bonds. The highest BCUT2D eigenvalue weighted by Crippen LogP contribution is 2.11. The zero-order chi connectivity index (χ0) is 23.0. The Bertz CT molecular complexity index is 885. The van der Waals surface area contributed by atoms with Gasteiger partial charge in [-0.1, -0.05) is 30.3 Å². The summed E-state index contributed by atoms with van der Waals surface area (Å²) in [5.74, 6) is -0.564. The second kappa shape index (κ2) is 14.3. The number of ether oxygens (including phenoxy) is 2. The summed E-state index contributed by atoms with van der Waals surface area (Å²) in [5.41, 5.74) is 4.04. The molecule has 0 aliphatic heterocycles. The summed E-state index contributed by atoms with van der Waals surface area (Å²) in [7, 11) is 1.58. The van der Waals surface area contributed by atoms with Gasteiger partial charge in [0.2, 0.25) is 11.8 Å². The smallest absolute Gasteiger partial charge is 0.258 e. The lowest BCUT2D eigenvalue weighted by Gasteiger charge is -2.08. The van der Waals surface area contributed by atoms with Crippen LogP contribution in [0.2, 0.25) is 0 Å². The van der Waals surface area contributed by atoms with Gasteiger partial charge in [0.15, 0.2) is 6.61 Å². The first-order valence-corrected chi connectivity index (χ1v) is 10.2. The third kappa shape index (κ3) is 10.4. The number of hydrogen-bond donors (Lipinski definition) is 3. The van der Waals surface area contributed by atoms with Crippen LogP contribution in [0, 0.1) is 0 Å². The van der Waals surface area contributed by atoms with Gasteiger partial charge >= 0.3 is 0 Å². The van der Waals surface area contributed by atoms with E-state index in [2.05, 4.69) is 21.2 Å². The third-order valence-electron chi connectivity index (χ3n) is 4.15. The topological polar surface area (TPSA) is 118 Å². The van der Waals surface area contributed by atoms with Gasteiger partial charge in [0.05, 0.1) is 6.21 Å². The van der Waals surface area contributed by atoms with E-state index in [1.807, 2.05) is 30.3 Å². The molecule has 2 aromatic carbocycles. The minimum Gasteiger partial charge on any atom is -0.484 e. The van der Waals surface area contributed by atoms with E-state index < -0.39 is 5.91 Å². The van der Waals surface area contributed by atoms with Crippen molar-refractivity contribution in [1.82, 2.24) is 16.1 Å². The van der Waals surface area contributed by atoms with Crippen molar-refractivity contribution in [3.63, 3.8) is 0 Å². The molecule has 0 atom stereocenters. The number of benzene rings is 2. The van der Waals surface area contributed by atoms with Crippen molar-refractivity contribution in [3.05, 3.63) is 65.7 Å². The van der Waals surface area contributed by atoms with E-state index >= 15 is 0 Å². The number of carbonyl (C=O) groups is 3. The average molecular weight is 441 g/mol. The van der Waals surface area contributed by atoms with Gasteiger partial charge in [0.25, 0.3) is 5.91 Å². The van der Waals surface area contributed by atoms with Gasteiger partial charge in [-0.3, -0.25) is 14.4 Å². The fourth-order valence-electron chi connectivity index (χ4n) is 2.52. The van der Waals surface area contributed by atoms with Gasteiger partial charge in [0, 0.05) is 26.8 Å². The molecule has 170 valence electrons. The highest BCUT2D eigenvalue weighted by molar-refractivity contribution is 5.97. The minimum absolute atomic E-state index is 0.0934. The van der Waals surface area contributed by atoms with Gasteiger partial charge in [-0.15, -0.1) is 0 Å². The van der Waals surface area contributed by atoms with Crippen LogP contribution in [0.25, 0.3) is 0 Å². The highest BCUT2D eigenvalue weighted by Gasteiger charge is 2.07. The Morgan fingerprint density at radius 2 is 1.69 bits per heavy atom. The Kier molecular flexibility index (Phi) is 11.0. The Labute approximate surface area is 187 Å². The molecule has 0 bridgehead atoms. The SMILES string of the molecule is COCCCNC(=O)CC(=O)N/N=C/c1ccc(OCC(=O)NCc2ccccc2)cc1. The number of amides is 3. The Hall–Kier alpha value is -3.72. The van der Waals surface area contributed by atoms with Crippen LogP contribution in [0.1, 0.15) is 24.0 Å². The van der Waals surface area contributed by atoms with Gasteiger partial charge < -0.3 is 20.1 Å². The van der Waals surface area contributed by atoms with Crippen LogP contribution in [-0.2, 0) is 25.7 Å². The van der Waals surface area contributed by atoms with E-state index in [-0.39, 0.29) is 24.8 Å². The molecule has 3 N–H and O–H groups in total. The molecule has 9 nitrogen and oxygen atoms in total. The van der Waals surface area contributed by atoms with Crippen LogP contribution in [0.15, 0.2) is 59.7 Å². The summed E-state index contributed by atoms with van der Waals surface area (Å²) < 4.78 is 10.3. The van der Waals surface area contributed by atoms with Crippen LogP contribution in [0.3, 0.4) is 0 Å². The Balaban J connectivity index is 1.65. The summed E-state index contributed by atoms with van der Waals surface area (Å²) in [6, 6.07) is 16.5. The number of hydrogen-bond acceptors (Lipinski definition) is 6.